The van der Waals surface area contributed by atoms with Gasteiger partial charge in [0.05, 0.1) is 0 Å². The Bertz CT molecular complexity index is 160. The number of nitrogens with one attached hydrogen (secondary N) is 1. The van der Waals surface area contributed by atoms with Gasteiger partial charge in [0, 0.05) is 30.2 Å². The van der Waals surface area contributed by atoms with Crippen molar-refractivity contribution in [3.8, 4) is 0 Å². The van der Waals surface area contributed by atoms with Gasteiger partial charge in [0.2, 0.25) is 0 Å². The van der Waals surface area contributed by atoms with E-state index in [9.17, 15) is 0 Å². The van der Waals surface area contributed by atoms with Gasteiger partial charge in [-0.3, -0.25) is 0 Å². The van der Waals surface area contributed by atoms with Crippen LogP contribution in [0.1, 0.15) is 13.3 Å². The smallest absolute Gasteiger partial charge is 0.0310 e. The van der Waals surface area contributed by atoms with Gasteiger partial charge in [-0.25, -0.2) is 0 Å². The molecule has 1 fully saturated rings. The first-order valence-corrected chi connectivity index (χ1v) is 4.74. The highest BCUT2D eigenvalue weighted by Gasteiger charge is 2.25. The van der Waals surface area contributed by atoms with Crippen LogP contribution in [0.2, 0.25) is 0 Å². The van der Waals surface area contributed by atoms with Gasteiger partial charge in [-0.2, -0.15) is 0 Å². The largest absolute Gasteiger partial charge is 0.308 e. The molecule has 0 saturated carbocycles. The maximum Gasteiger partial charge on any atom is 0.0310 e. The normalized spacial score (nSPS) is 30.9. The Labute approximate surface area is 79.6 Å². The minimum atomic E-state index is 0.584. The van der Waals surface area contributed by atoms with Crippen molar-refractivity contribution in [1.82, 2.24) is 10.2 Å². The van der Waals surface area contributed by atoms with Crippen molar-refractivity contribution in [3.05, 3.63) is 11.6 Å². The van der Waals surface area contributed by atoms with Crippen LogP contribution < -0.4 is 5.32 Å². The molecule has 0 aromatic rings. The van der Waals surface area contributed by atoms with E-state index in [2.05, 4.69) is 30.8 Å². The summed E-state index contributed by atoms with van der Waals surface area (Å²) < 4.78 is 0. The molecule has 1 aliphatic rings. The summed E-state index contributed by atoms with van der Waals surface area (Å²) in [6, 6.07) is 1.27. The van der Waals surface area contributed by atoms with Crippen molar-refractivity contribution in [2.24, 2.45) is 0 Å². The molecule has 2 atom stereocenters. The van der Waals surface area contributed by atoms with Crippen molar-refractivity contribution in [2.75, 3.05) is 20.1 Å². The average molecular weight is 189 g/mol. The molecule has 1 heterocycles. The summed E-state index contributed by atoms with van der Waals surface area (Å²) in [6.45, 7) is 7.74. The second-order valence-corrected chi connectivity index (χ2v) is 4.15. The molecule has 2 nitrogen and oxygen atoms in total. The Kier molecular flexibility index (Phi) is 3.56. The third-order valence-corrected chi connectivity index (χ3v) is 2.60. The molecular weight excluding hydrogens is 172 g/mol. The fourth-order valence-corrected chi connectivity index (χ4v) is 1.67. The second kappa shape index (κ2) is 4.26. The first kappa shape index (κ1) is 10.0. The number of hydrogen-bond acceptors (Lipinski definition) is 2. The molecule has 2 unspecified atom stereocenters. The van der Waals surface area contributed by atoms with Crippen LogP contribution in [0.3, 0.4) is 0 Å². The summed E-state index contributed by atoms with van der Waals surface area (Å²) in [5, 5.41) is 4.06. The minimum absolute atomic E-state index is 0.584. The second-order valence-electron chi connectivity index (χ2n) is 3.62. The number of halogens is 1. The molecule has 1 saturated heterocycles. The summed E-state index contributed by atoms with van der Waals surface area (Å²) in [5.41, 5.74) is 0. The zero-order valence-corrected chi connectivity index (χ0v) is 8.56. The Hall–Kier alpha value is -0.0500. The lowest BCUT2D eigenvalue weighted by Gasteiger charge is -2.12. The Morgan fingerprint density at radius 1 is 1.75 bits per heavy atom. The third-order valence-electron chi connectivity index (χ3n) is 2.47. The van der Waals surface area contributed by atoms with E-state index in [4.69, 9.17) is 11.6 Å². The first-order valence-electron chi connectivity index (χ1n) is 4.36. The van der Waals surface area contributed by atoms with E-state index in [1.54, 1.807) is 0 Å². The molecule has 1 N–H and O–H groups in total. The molecule has 12 heavy (non-hydrogen) atoms. The Balaban J connectivity index is 2.23. The van der Waals surface area contributed by atoms with Crippen molar-refractivity contribution >= 4 is 11.6 Å². The topological polar surface area (TPSA) is 15.3 Å². The van der Waals surface area contributed by atoms with E-state index in [1.807, 2.05) is 0 Å². The Morgan fingerprint density at radius 2 is 2.42 bits per heavy atom. The molecule has 70 valence electrons. The van der Waals surface area contributed by atoms with Gasteiger partial charge in [-0.05, 0) is 20.4 Å². The molecule has 0 aromatic carbocycles. The van der Waals surface area contributed by atoms with Gasteiger partial charge in [0.1, 0.15) is 0 Å². The maximum atomic E-state index is 5.66. The highest BCUT2D eigenvalue weighted by Crippen LogP contribution is 2.14. The molecule has 0 aromatic heterocycles. The van der Waals surface area contributed by atoms with Gasteiger partial charge in [-0.1, -0.05) is 18.2 Å². The highest BCUT2D eigenvalue weighted by atomic mass is 35.5. The van der Waals surface area contributed by atoms with Crippen molar-refractivity contribution in [1.29, 1.82) is 0 Å². The number of hydrogen-bond donors (Lipinski definition) is 1. The quantitative estimate of drug-likeness (QED) is 0.721. The molecular formula is C9H17ClN2. The SMILES string of the molecule is C=C(Cl)CNC1CC(C)N(C)C1. The van der Waals surface area contributed by atoms with Gasteiger partial charge < -0.3 is 10.2 Å². The van der Waals surface area contributed by atoms with Crippen LogP contribution in [0.4, 0.5) is 0 Å². The highest BCUT2D eigenvalue weighted by molar-refractivity contribution is 6.29. The van der Waals surface area contributed by atoms with E-state index in [0.29, 0.717) is 17.1 Å². The predicted octanol–water partition coefficient (Wildman–Crippen LogP) is 1.42. The maximum absolute atomic E-state index is 5.66. The van der Waals surface area contributed by atoms with E-state index in [-0.39, 0.29) is 0 Å². The monoisotopic (exact) mass is 188 g/mol. The zero-order valence-electron chi connectivity index (χ0n) is 7.81. The van der Waals surface area contributed by atoms with Crippen LogP contribution in [-0.2, 0) is 0 Å². The number of likely N-dealkylation sites (N-methyl/N-ethyl adjacent to an activating group) is 1. The molecule has 0 aliphatic carbocycles. The van der Waals surface area contributed by atoms with E-state index in [0.717, 1.165) is 13.1 Å². The van der Waals surface area contributed by atoms with Crippen LogP contribution in [0.25, 0.3) is 0 Å². The predicted molar refractivity (Wildman–Crippen MR) is 53.5 cm³/mol. The van der Waals surface area contributed by atoms with Crippen molar-refractivity contribution < 1.29 is 0 Å². The lowest BCUT2D eigenvalue weighted by atomic mass is 10.2. The number of likely N-dealkylation sites (tertiary alicyclic amines) is 1. The lowest BCUT2D eigenvalue weighted by molar-refractivity contribution is 0.327. The third kappa shape index (κ3) is 2.77. The standard InChI is InChI=1S/C9H17ClN2/c1-7(10)5-11-9-4-8(2)12(3)6-9/h8-9,11H,1,4-6H2,2-3H3. The average Bonchev–Trinajstić information content (AvgIpc) is 2.28. The van der Waals surface area contributed by atoms with Gasteiger partial charge in [-0.15, -0.1) is 0 Å². The number of rotatable bonds is 3. The fraction of sp³-hybridized carbons (Fsp3) is 0.778. The van der Waals surface area contributed by atoms with Gasteiger partial charge >= 0.3 is 0 Å². The summed E-state index contributed by atoms with van der Waals surface area (Å²) in [6.07, 6.45) is 1.21. The van der Waals surface area contributed by atoms with Crippen LogP contribution in [0, 0.1) is 0 Å². The van der Waals surface area contributed by atoms with E-state index >= 15 is 0 Å². The van der Waals surface area contributed by atoms with Crippen LogP contribution >= 0.6 is 11.6 Å². The lowest BCUT2D eigenvalue weighted by Crippen LogP contribution is -2.32. The summed E-state index contributed by atoms with van der Waals surface area (Å²) in [7, 11) is 2.15. The molecule has 0 spiro atoms. The Morgan fingerprint density at radius 3 is 2.83 bits per heavy atom. The van der Waals surface area contributed by atoms with Gasteiger partial charge in [0.25, 0.3) is 0 Å². The first-order chi connectivity index (χ1) is 5.59. The fourth-order valence-electron chi connectivity index (χ4n) is 1.60. The summed E-state index contributed by atoms with van der Waals surface area (Å²) >= 11 is 5.66. The summed E-state index contributed by atoms with van der Waals surface area (Å²) in [5.74, 6) is 0. The molecule has 1 aliphatic heterocycles. The van der Waals surface area contributed by atoms with Crippen LogP contribution in [0.5, 0.6) is 0 Å². The molecule has 0 radical (unpaired) electrons. The zero-order chi connectivity index (χ0) is 9.14. The van der Waals surface area contributed by atoms with Crippen molar-refractivity contribution in [2.45, 2.75) is 25.4 Å². The molecule has 3 heteroatoms. The molecule has 0 bridgehead atoms. The van der Waals surface area contributed by atoms with E-state index < -0.39 is 0 Å². The van der Waals surface area contributed by atoms with Gasteiger partial charge in [0.15, 0.2) is 0 Å². The minimum Gasteiger partial charge on any atom is -0.308 e. The molecule has 1 rings (SSSR count). The van der Waals surface area contributed by atoms with Crippen LogP contribution in [-0.4, -0.2) is 37.1 Å². The van der Waals surface area contributed by atoms with E-state index in [1.165, 1.54) is 6.42 Å². The summed E-state index contributed by atoms with van der Waals surface area (Å²) in [4.78, 5) is 2.36. The van der Waals surface area contributed by atoms with Crippen LogP contribution in [0.15, 0.2) is 11.6 Å². The number of nitrogens with zero attached hydrogens (tertiary/aromatic N) is 1. The molecule has 0 amide bonds. The van der Waals surface area contributed by atoms with Crippen molar-refractivity contribution in [3.63, 3.8) is 0 Å².